The van der Waals surface area contributed by atoms with Crippen LogP contribution in [0.2, 0.25) is 0 Å². The Labute approximate surface area is 119 Å². The summed E-state index contributed by atoms with van der Waals surface area (Å²) in [4.78, 5) is 11.4. The van der Waals surface area contributed by atoms with Crippen molar-refractivity contribution in [2.24, 2.45) is 0 Å². The number of aryl methyl sites for hydroxylation is 2. The molecule has 7 heteroatoms. The van der Waals surface area contributed by atoms with Gasteiger partial charge in [-0.15, -0.1) is 0 Å². The molecule has 1 aromatic heterocycles. The Morgan fingerprint density at radius 1 is 1.35 bits per heavy atom. The van der Waals surface area contributed by atoms with Crippen molar-refractivity contribution in [1.29, 1.82) is 0 Å². The number of carbonyl (C=O) groups is 1. The zero-order valence-corrected chi connectivity index (χ0v) is 12.5. The van der Waals surface area contributed by atoms with Gasteiger partial charge in [0.1, 0.15) is 16.6 Å². The van der Waals surface area contributed by atoms with Gasteiger partial charge in [0.05, 0.1) is 11.4 Å². The van der Waals surface area contributed by atoms with E-state index in [4.69, 9.17) is 0 Å². The lowest BCUT2D eigenvalue weighted by Gasteiger charge is -2.08. The minimum absolute atomic E-state index is 0.0538. The number of carbonyl (C=O) groups excluding carboxylic acids is 1. The second kappa shape index (κ2) is 6.04. The van der Waals surface area contributed by atoms with Crippen LogP contribution in [0, 0.1) is 13.8 Å². The van der Waals surface area contributed by atoms with Crippen LogP contribution < -0.4 is 0 Å². The number of ketones is 1. The molecule has 1 unspecified atom stereocenters. The van der Waals surface area contributed by atoms with E-state index in [0.29, 0.717) is 6.42 Å². The smallest absolute Gasteiger partial charge is 0.244 e. The van der Waals surface area contributed by atoms with Gasteiger partial charge in [-0.25, -0.2) is 0 Å². The van der Waals surface area contributed by atoms with Gasteiger partial charge >= 0.3 is 0 Å². The first-order chi connectivity index (χ1) is 9.52. The molecule has 0 saturated carbocycles. The number of benzene rings is 1. The highest BCUT2D eigenvalue weighted by molar-refractivity contribution is 7.85. The first kappa shape index (κ1) is 14.5. The average molecular weight is 292 g/mol. The molecule has 20 heavy (non-hydrogen) atoms. The zero-order chi connectivity index (χ0) is 14.7. The van der Waals surface area contributed by atoms with Gasteiger partial charge in [0.25, 0.3) is 0 Å². The minimum atomic E-state index is -1.53. The lowest BCUT2D eigenvalue weighted by atomic mass is 10.1. The van der Waals surface area contributed by atoms with Crippen LogP contribution in [0.3, 0.4) is 0 Å². The maximum absolute atomic E-state index is 12.2. The molecule has 0 radical (unpaired) electrons. The van der Waals surface area contributed by atoms with E-state index in [9.17, 15) is 9.00 Å². The number of Topliss-reactive ketones (excluding diaryl/α,β-unsaturated/α-hetero) is 1. The van der Waals surface area contributed by atoms with Gasteiger partial charge in [0.15, 0.2) is 0 Å². The first-order valence-corrected chi connectivity index (χ1v) is 7.61. The van der Waals surface area contributed by atoms with E-state index in [1.807, 2.05) is 32.0 Å². The Balaban J connectivity index is 2.37. The molecule has 1 aromatic carbocycles. The van der Waals surface area contributed by atoms with E-state index in [1.165, 1.54) is 4.68 Å². The molecular weight excluding hydrogens is 276 g/mol. The van der Waals surface area contributed by atoms with Gasteiger partial charge in [-0.05, 0) is 35.9 Å². The standard InChI is InChI=1S/C13H16N4O2S/c1-4-11(18)8-20(19)13-14-15-16-17(13)12-6-5-9(2)7-10(12)3/h5-7H,4,8H2,1-3H3. The molecule has 0 amide bonds. The Morgan fingerprint density at radius 3 is 2.75 bits per heavy atom. The summed E-state index contributed by atoms with van der Waals surface area (Å²) in [7, 11) is -1.53. The Morgan fingerprint density at radius 2 is 2.10 bits per heavy atom. The van der Waals surface area contributed by atoms with E-state index >= 15 is 0 Å². The Bertz CT molecular complexity index is 666. The largest absolute Gasteiger partial charge is 0.299 e. The summed E-state index contributed by atoms with van der Waals surface area (Å²) in [5.41, 5.74) is 2.88. The van der Waals surface area contributed by atoms with Crippen LogP contribution >= 0.6 is 0 Å². The average Bonchev–Trinajstić information content (AvgIpc) is 2.87. The van der Waals surface area contributed by atoms with Crippen LogP contribution in [0.5, 0.6) is 0 Å². The third-order valence-corrected chi connectivity index (χ3v) is 4.16. The topological polar surface area (TPSA) is 77.7 Å². The summed E-state index contributed by atoms with van der Waals surface area (Å²) >= 11 is 0. The summed E-state index contributed by atoms with van der Waals surface area (Å²) in [5, 5.41) is 11.5. The number of hydrogen-bond acceptors (Lipinski definition) is 5. The molecule has 0 N–H and O–H groups in total. The molecule has 0 aliphatic heterocycles. The van der Waals surface area contributed by atoms with Crippen molar-refractivity contribution in [3.05, 3.63) is 29.3 Å². The molecule has 106 valence electrons. The van der Waals surface area contributed by atoms with Gasteiger partial charge < -0.3 is 0 Å². The summed E-state index contributed by atoms with van der Waals surface area (Å²) in [6, 6.07) is 5.82. The fourth-order valence-corrected chi connectivity index (χ4v) is 2.91. The third kappa shape index (κ3) is 2.98. The van der Waals surface area contributed by atoms with Crippen LogP contribution in [0.1, 0.15) is 24.5 Å². The number of aromatic nitrogens is 4. The van der Waals surface area contributed by atoms with Crippen LogP contribution in [-0.4, -0.2) is 36.0 Å². The van der Waals surface area contributed by atoms with Gasteiger partial charge in [-0.3, -0.25) is 9.00 Å². The van der Waals surface area contributed by atoms with Crippen LogP contribution in [-0.2, 0) is 15.6 Å². The fraction of sp³-hybridized carbons (Fsp3) is 0.385. The molecule has 2 rings (SSSR count). The predicted octanol–water partition coefficient (Wildman–Crippen LogP) is 1.37. The van der Waals surface area contributed by atoms with Crippen molar-refractivity contribution < 1.29 is 9.00 Å². The quantitative estimate of drug-likeness (QED) is 0.831. The normalized spacial score (nSPS) is 12.3. The molecule has 2 aromatic rings. The molecule has 0 aliphatic carbocycles. The molecular formula is C13H16N4O2S. The van der Waals surface area contributed by atoms with Crippen LogP contribution in [0.25, 0.3) is 5.69 Å². The van der Waals surface area contributed by atoms with E-state index in [-0.39, 0.29) is 16.7 Å². The van der Waals surface area contributed by atoms with Crippen molar-refractivity contribution in [2.45, 2.75) is 32.3 Å². The van der Waals surface area contributed by atoms with E-state index in [1.54, 1.807) is 6.92 Å². The Kier molecular flexibility index (Phi) is 4.39. The number of nitrogens with zero attached hydrogens (tertiary/aromatic N) is 4. The van der Waals surface area contributed by atoms with Crippen molar-refractivity contribution in [2.75, 3.05) is 5.75 Å². The van der Waals surface area contributed by atoms with Gasteiger partial charge in [0.2, 0.25) is 5.16 Å². The summed E-state index contributed by atoms with van der Waals surface area (Å²) in [6.07, 6.45) is 0.358. The predicted molar refractivity (Wildman–Crippen MR) is 75.2 cm³/mol. The second-order valence-corrected chi connectivity index (χ2v) is 5.89. The van der Waals surface area contributed by atoms with Gasteiger partial charge in [-0.2, -0.15) is 4.68 Å². The minimum Gasteiger partial charge on any atom is -0.299 e. The molecule has 0 bridgehead atoms. The van der Waals surface area contributed by atoms with E-state index in [2.05, 4.69) is 15.5 Å². The highest BCUT2D eigenvalue weighted by Gasteiger charge is 2.18. The molecule has 1 atom stereocenters. The SMILES string of the molecule is CCC(=O)CS(=O)c1nnnn1-c1ccc(C)cc1C. The van der Waals surface area contributed by atoms with Crippen molar-refractivity contribution >= 4 is 16.6 Å². The van der Waals surface area contributed by atoms with Crippen molar-refractivity contribution in [3.8, 4) is 5.69 Å². The van der Waals surface area contributed by atoms with E-state index in [0.717, 1.165) is 16.8 Å². The van der Waals surface area contributed by atoms with Crippen molar-refractivity contribution in [3.63, 3.8) is 0 Å². The summed E-state index contributed by atoms with van der Waals surface area (Å²) in [5.74, 6) is -0.125. The second-order valence-electron chi connectivity index (χ2n) is 4.55. The number of tetrazole rings is 1. The molecule has 6 nitrogen and oxygen atoms in total. The summed E-state index contributed by atoms with van der Waals surface area (Å²) in [6.45, 7) is 5.68. The lowest BCUT2D eigenvalue weighted by Crippen LogP contribution is -2.14. The fourth-order valence-electron chi connectivity index (χ4n) is 1.83. The zero-order valence-electron chi connectivity index (χ0n) is 11.7. The monoisotopic (exact) mass is 292 g/mol. The number of rotatable bonds is 5. The number of hydrogen-bond donors (Lipinski definition) is 0. The molecule has 0 aliphatic rings. The van der Waals surface area contributed by atoms with Gasteiger partial charge in [0, 0.05) is 6.42 Å². The third-order valence-electron chi connectivity index (χ3n) is 2.91. The molecule has 0 fully saturated rings. The maximum atomic E-state index is 12.2. The van der Waals surface area contributed by atoms with Gasteiger partial charge in [-0.1, -0.05) is 29.7 Å². The van der Waals surface area contributed by atoms with E-state index < -0.39 is 10.8 Å². The first-order valence-electron chi connectivity index (χ1n) is 6.29. The van der Waals surface area contributed by atoms with Crippen LogP contribution in [0.4, 0.5) is 0 Å². The molecule has 1 heterocycles. The van der Waals surface area contributed by atoms with Crippen LogP contribution in [0.15, 0.2) is 23.4 Å². The Hall–Kier alpha value is -1.89. The highest BCUT2D eigenvalue weighted by Crippen LogP contribution is 2.17. The molecule has 0 saturated heterocycles. The summed E-state index contributed by atoms with van der Waals surface area (Å²) < 4.78 is 13.6. The lowest BCUT2D eigenvalue weighted by molar-refractivity contribution is -0.116. The van der Waals surface area contributed by atoms with Crippen molar-refractivity contribution in [1.82, 2.24) is 20.2 Å². The highest BCUT2D eigenvalue weighted by atomic mass is 32.2. The maximum Gasteiger partial charge on any atom is 0.244 e. The molecule has 0 spiro atoms.